The molecular formula is C19H18BrNO5. The second-order valence-corrected chi connectivity index (χ2v) is 6.46. The van der Waals surface area contributed by atoms with Gasteiger partial charge in [-0.15, -0.1) is 0 Å². The molecule has 136 valence electrons. The SMILES string of the molecule is COc1cc(C(=O)C2COC(c3ccc(Br)cc3)=N2)cc(OC)c1OC. The Bertz CT molecular complexity index is 823. The number of methoxy groups -OCH3 is 3. The molecular weight excluding hydrogens is 402 g/mol. The Balaban J connectivity index is 1.89. The van der Waals surface area contributed by atoms with E-state index in [4.69, 9.17) is 18.9 Å². The first-order chi connectivity index (χ1) is 12.6. The average Bonchev–Trinajstić information content (AvgIpc) is 3.16. The largest absolute Gasteiger partial charge is 0.493 e. The van der Waals surface area contributed by atoms with Gasteiger partial charge in [0.25, 0.3) is 0 Å². The Morgan fingerprint density at radius 1 is 1.08 bits per heavy atom. The number of halogens is 1. The molecule has 2 aromatic carbocycles. The Morgan fingerprint density at radius 2 is 1.69 bits per heavy atom. The molecule has 0 spiro atoms. The minimum atomic E-state index is -0.614. The van der Waals surface area contributed by atoms with Crippen LogP contribution in [0.1, 0.15) is 15.9 Å². The van der Waals surface area contributed by atoms with Crippen molar-refractivity contribution in [2.24, 2.45) is 4.99 Å². The number of nitrogens with zero attached hydrogens (tertiary/aromatic N) is 1. The van der Waals surface area contributed by atoms with Gasteiger partial charge in [0.2, 0.25) is 11.6 Å². The predicted molar refractivity (Wildman–Crippen MR) is 101 cm³/mol. The molecule has 0 bridgehead atoms. The number of carbonyl (C=O) groups is 1. The molecule has 0 radical (unpaired) electrons. The van der Waals surface area contributed by atoms with Crippen molar-refractivity contribution in [3.8, 4) is 17.2 Å². The average molecular weight is 420 g/mol. The lowest BCUT2D eigenvalue weighted by atomic mass is 10.0. The number of aliphatic imine (C=N–C) groups is 1. The number of Topliss-reactive ketones (excluding diaryl/α,β-unsaturated/α-hetero) is 1. The quantitative estimate of drug-likeness (QED) is 0.670. The third-order valence-electron chi connectivity index (χ3n) is 3.99. The molecule has 26 heavy (non-hydrogen) atoms. The zero-order valence-corrected chi connectivity index (χ0v) is 16.2. The summed E-state index contributed by atoms with van der Waals surface area (Å²) in [6.07, 6.45) is 0. The second kappa shape index (κ2) is 7.78. The number of benzene rings is 2. The van der Waals surface area contributed by atoms with E-state index in [1.807, 2.05) is 24.3 Å². The van der Waals surface area contributed by atoms with Gasteiger partial charge in [-0.1, -0.05) is 15.9 Å². The van der Waals surface area contributed by atoms with E-state index in [1.54, 1.807) is 12.1 Å². The second-order valence-electron chi connectivity index (χ2n) is 5.55. The zero-order valence-electron chi connectivity index (χ0n) is 14.6. The fourth-order valence-corrected chi connectivity index (χ4v) is 2.94. The molecule has 0 N–H and O–H groups in total. The summed E-state index contributed by atoms with van der Waals surface area (Å²) in [5.41, 5.74) is 1.25. The lowest BCUT2D eigenvalue weighted by Gasteiger charge is -2.14. The molecule has 1 unspecified atom stereocenters. The third-order valence-corrected chi connectivity index (χ3v) is 4.52. The van der Waals surface area contributed by atoms with Gasteiger partial charge in [-0.2, -0.15) is 0 Å². The van der Waals surface area contributed by atoms with E-state index >= 15 is 0 Å². The monoisotopic (exact) mass is 419 g/mol. The predicted octanol–water partition coefficient (Wildman–Crippen LogP) is 3.50. The highest BCUT2D eigenvalue weighted by Gasteiger charge is 2.29. The molecule has 0 aromatic heterocycles. The van der Waals surface area contributed by atoms with Gasteiger partial charge >= 0.3 is 0 Å². The molecule has 2 aromatic rings. The van der Waals surface area contributed by atoms with E-state index in [0.29, 0.717) is 28.7 Å². The van der Waals surface area contributed by atoms with Gasteiger partial charge in [0.1, 0.15) is 6.61 Å². The minimum Gasteiger partial charge on any atom is -0.493 e. The first kappa shape index (κ1) is 18.3. The molecule has 0 saturated heterocycles. The van der Waals surface area contributed by atoms with Gasteiger partial charge < -0.3 is 18.9 Å². The zero-order chi connectivity index (χ0) is 18.7. The molecule has 3 rings (SSSR count). The van der Waals surface area contributed by atoms with E-state index in [2.05, 4.69) is 20.9 Å². The van der Waals surface area contributed by atoms with Crippen molar-refractivity contribution >= 4 is 27.6 Å². The van der Waals surface area contributed by atoms with Crippen molar-refractivity contribution in [3.63, 3.8) is 0 Å². The summed E-state index contributed by atoms with van der Waals surface area (Å²) >= 11 is 3.39. The van der Waals surface area contributed by atoms with E-state index in [1.165, 1.54) is 21.3 Å². The summed E-state index contributed by atoms with van der Waals surface area (Å²) in [6, 6.07) is 10.2. The van der Waals surface area contributed by atoms with Crippen LogP contribution in [0.25, 0.3) is 0 Å². The molecule has 0 fully saturated rings. The Kier molecular flexibility index (Phi) is 5.46. The summed E-state index contributed by atoms with van der Waals surface area (Å²) in [7, 11) is 4.53. The first-order valence-corrected chi connectivity index (χ1v) is 8.67. The highest BCUT2D eigenvalue weighted by atomic mass is 79.9. The standard InChI is InChI=1S/C19H18BrNO5/c1-23-15-8-12(9-16(24-2)18(15)25-3)17(22)14-10-26-19(21-14)11-4-6-13(20)7-5-11/h4-9,14H,10H2,1-3H3. The fourth-order valence-electron chi connectivity index (χ4n) is 2.67. The lowest BCUT2D eigenvalue weighted by Crippen LogP contribution is -2.20. The van der Waals surface area contributed by atoms with Gasteiger partial charge in [0.15, 0.2) is 23.3 Å². The van der Waals surface area contributed by atoms with Crippen LogP contribution in [-0.2, 0) is 4.74 Å². The Labute approximate surface area is 159 Å². The summed E-state index contributed by atoms with van der Waals surface area (Å²) < 4.78 is 22.5. The lowest BCUT2D eigenvalue weighted by molar-refractivity contribution is 0.0947. The van der Waals surface area contributed by atoms with Gasteiger partial charge in [-0.25, -0.2) is 4.99 Å². The van der Waals surface area contributed by atoms with Crippen molar-refractivity contribution in [2.75, 3.05) is 27.9 Å². The molecule has 6 nitrogen and oxygen atoms in total. The maximum Gasteiger partial charge on any atom is 0.217 e. The molecule has 1 aliphatic rings. The van der Waals surface area contributed by atoms with E-state index < -0.39 is 6.04 Å². The van der Waals surface area contributed by atoms with Crippen molar-refractivity contribution in [3.05, 3.63) is 52.0 Å². The van der Waals surface area contributed by atoms with Crippen LogP contribution >= 0.6 is 15.9 Å². The number of carbonyl (C=O) groups excluding carboxylic acids is 1. The van der Waals surface area contributed by atoms with Crippen LogP contribution in [-0.4, -0.2) is 45.7 Å². The minimum absolute atomic E-state index is 0.170. The maximum absolute atomic E-state index is 12.9. The Hall–Kier alpha value is -2.54. The molecule has 0 saturated carbocycles. The molecule has 1 atom stereocenters. The normalized spacial score (nSPS) is 15.8. The topological polar surface area (TPSA) is 66.4 Å². The van der Waals surface area contributed by atoms with E-state index in [0.717, 1.165) is 10.0 Å². The van der Waals surface area contributed by atoms with Gasteiger partial charge in [0.05, 0.1) is 21.3 Å². The molecule has 1 heterocycles. The van der Waals surface area contributed by atoms with Crippen LogP contribution in [0.4, 0.5) is 0 Å². The molecule has 0 amide bonds. The summed E-state index contributed by atoms with van der Waals surface area (Å²) in [4.78, 5) is 17.3. The van der Waals surface area contributed by atoms with Crippen LogP contribution in [0.3, 0.4) is 0 Å². The van der Waals surface area contributed by atoms with E-state index in [9.17, 15) is 4.79 Å². The third kappa shape index (κ3) is 3.53. The van der Waals surface area contributed by atoms with Crippen molar-refractivity contribution in [1.29, 1.82) is 0 Å². The highest BCUT2D eigenvalue weighted by Crippen LogP contribution is 2.38. The van der Waals surface area contributed by atoms with Crippen molar-refractivity contribution in [2.45, 2.75) is 6.04 Å². The summed E-state index contributed by atoms with van der Waals surface area (Å²) in [5, 5.41) is 0. The van der Waals surface area contributed by atoms with Gasteiger partial charge in [0, 0.05) is 15.6 Å². The van der Waals surface area contributed by atoms with Crippen LogP contribution in [0, 0.1) is 0 Å². The number of hydrogen-bond donors (Lipinski definition) is 0. The van der Waals surface area contributed by atoms with Crippen molar-refractivity contribution in [1.82, 2.24) is 0 Å². The number of rotatable bonds is 6. The molecule has 7 heteroatoms. The van der Waals surface area contributed by atoms with Crippen LogP contribution in [0.2, 0.25) is 0 Å². The maximum atomic E-state index is 12.9. The van der Waals surface area contributed by atoms with Gasteiger partial charge in [-0.05, 0) is 36.4 Å². The highest BCUT2D eigenvalue weighted by molar-refractivity contribution is 9.10. The number of ketones is 1. The number of hydrogen-bond acceptors (Lipinski definition) is 6. The van der Waals surface area contributed by atoms with Crippen molar-refractivity contribution < 1.29 is 23.7 Å². The fraction of sp³-hybridized carbons (Fsp3) is 0.263. The summed E-state index contributed by atoms with van der Waals surface area (Å²) in [5.74, 6) is 1.57. The smallest absolute Gasteiger partial charge is 0.217 e. The molecule has 0 aliphatic carbocycles. The van der Waals surface area contributed by atoms with Crippen LogP contribution in [0.5, 0.6) is 17.2 Å². The van der Waals surface area contributed by atoms with E-state index in [-0.39, 0.29) is 12.4 Å². The van der Waals surface area contributed by atoms with Crippen LogP contribution < -0.4 is 14.2 Å². The Morgan fingerprint density at radius 3 is 2.23 bits per heavy atom. The molecule has 1 aliphatic heterocycles. The number of ether oxygens (including phenoxy) is 4. The van der Waals surface area contributed by atoms with Crippen LogP contribution in [0.15, 0.2) is 45.9 Å². The van der Waals surface area contributed by atoms with Gasteiger partial charge in [-0.3, -0.25) is 4.79 Å². The first-order valence-electron chi connectivity index (χ1n) is 7.88. The summed E-state index contributed by atoms with van der Waals surface area (Å²) in [6.45, 7) is 0.195.